The molecule has 0 amide bonds. The second-order valence-electron chi connectivity index (χ2n) is 6.02. The molecule has 2 N–H and O–H groups in total. The van der Waals surface area contributed by atoms with Crippen molar-refractivity contribution in [1.82, 2.24) is 19.7 Å². The van der Waals surface area contributed by atoms with Crippen molar-refractivity contribution >= 4 is 0 Å². The molecule has 0 atom stereocenters. The van der Waals surface area contributed by atoms with E-state index >= 15 is 0 Å². The summed E-state index contributed by atoms with van der Waals surface area (Å²) in [5, 5.41) is 8.10. The Morgan fingerprint density at radius 3 is 2.94 bits per heavy atom. The van der Waals surface area contributed by atoms with E-state index in [1.165, 1.54) is 12.8 Å². The first-order valence-corrected chi connectivity index (χ1v) is 6.90. The van der Waals surface area contributed by atoms with Crippen LogP contribution in [0.1, 0.15) is 38.9 Å². The summed E-state index contributed by atoms with van der Waals surface area (Å²) in [6.45, 7) is 9.65. The molecule has 0 unspecified atom stereocenters. The van der Waals surface area contributed by atoms with Crippen LogP contribution in [0.5, 0.6) is 0 Å². The molecule has 0 bridgehead atoms. The average Bonchev–Trinajstić information content (AvgIpc) is 2.75. The lowest BCUT2D eigenvalue weighted by Gasteiger charge is -2.29. The summed E-state index contributed by atoms with van der Waals surface area (Å²) < 4.78 is 2.15. The first kappa shape index (κ1) is 13.5. The number of rotatable bonds is 6. The van der Waals surface area contributed by atoms with E-state index in [2.05, 4.69) is 33.5 Å². The first-order valence-electron chi connectivity index (χ1n) is 6.90. The third kappa shape index (κ3) is 3.53. The van der Waals surface area contributed by atoms with Gasteiger partial charge in [0.05, 0.1) is 6.54 Å². The third-order valence-corrected chi connectivity index (χ3v) is 3.87. The highest BCUT2D eigenvalue weighted by molar-refractivity contribution is 4.89. The molecular weight excluding hydrogens is 226 g/mol. The van der Waals surface area contributed by atoms with Crippen molar-refractivity contribution in [2.24, 2.45) is 11.1 Å². The molecular formula is C13H25N5. The molecule has 5 heteroatoms. The maximum absolute atomic E-state index is 5.64. The molecule has 102 valence electrons. The predicted molar refractivity (Wildman–Crippen MR) is 72.0 cm³/mol. The summed E-state index contributed by atoms with van der Waals surface area (Å²) in [6.07, 6.45) is 5.42. The van der Waals surface area contributed by atoms with Crippen LogP contribution in [0.3, 0.4) is 0 Å². The van der Waals surface area contributed by atoms with Crippen LogP contribution < -0.4 is 5.73 Å². The van der Waals surface area contributed by atoms with E-state index in [1.54, 1.807) is 0 Å². The molecule has 0 fully saturated rings. The fourth-order valence-electron chi connectivity index (χ4n) is 2.60. The zero-order chi connectivity index (χ0) is 13.0. The van der Waals surface area contributed by atoms with Crippen molar-refractivity contribution < 1.29 is 0 Å². The second kappa shape index (κ2) is 5.80. The second-order valence-corrected chi connectivity index (χ2v) is 6.02. The Kier molecular flexibility index (Phi) is 4.35. The fourth-order valence-corrected chi connectivity index (χ4v) is 2.60. The minimum Gasteiger partial charge on any atom is -0.330 e. The highest BCUT2D eigenvalue weighted by atomic mass is 15.3. The molecule has 5 nitrogen and oxygen atoms in total. The van der Waals surface area contributed by atoms with Gasteiger partial charge in [0.25, 0.3) is 0 Å². The van der Waals surface area contributed by atoms with E-state index in [0.29, 0.717) is 5.41 Å². The number of nitrogens with zero attached hydrogens (tertiary/aromatic N) is 4. The van der Waals surface area contributed by atoms with Crippen molar-refractivity contribution in [3.63, 3.8) is 0 Å². The van der Waals surface area contributed by atoms with Crippen LogP contribution in [-0.2, 0) is 13.1 Å². The van der Waals surface area contributed by atoms with Crippen molar-refractivity contribution in [2.45, 2.75) is 46.2 Å². The minimum atomic E-state index is 0.380. The number of nitrogens with two attached hydrogens (primary N) is 1. The van der Waals surface area contributed by atoms with Crippen LogP contribution in [-0.4, -0.2) is 39.3 Å². The quantitative estimate of drug-likeness (QED) is 0.826. The molecule has 0 aliphatic carbocycles. The standard InChI is InChI=1S/C13H25N5/c1-13(2,5-6-14)4-3-7-17-8-9-18-11-15-16-12(18)10-17/h11H,3-10,14H2,1-2H3. The van der Waals surface area contributed by atoms with Crippen molar-refractivity contribution in [2.75, 3.05) is 19.6 Å². The maximum Gasteiger partial charge on any atom is 0.147 e. The summed E-state index contributed by atoms with van der Waals surface area (Å²) in [6, 6.07) is 0. The van der Waals surface area contributed by atoms with E-state index in [1.807, 2.05) is 6.33 Å². The maximum atomic E-state index is 5.64. The van der Waals surface area contributed by atoms with Crippen molar-refractivity contribution in [3.05, 3.63) is 12.2 Å². The largest absolute Gasteiger partial charge is 0.330 e. The molecule has 0 aromatic carbocycles. The van der Waals surface area contributed by atoms with Gasteiger partial charge in [-0.1, -0.05) is 13.8 Å². The zero-order valence-electron chi connectivity index (χ0n) is 11.6. The normalized spacial score (nSPS) is 16.8. The highest BCUT2D eigenvalue weighted by Gasteiger charge is 2.19. The predicted octanol–water partition coefficient (Wildman–Crippen LogP) is 1.25. The molecule has 0 saturated carbocycles. The highest BCUT2D eigenvalue weighted by Crippen LogP contribution is 2.26. The van der Waals surface area contributed by atoms with E-state index < -0.39 is 0 Å². The van der Waals surface area contributed by atoms with E-state index in [-0.39, 0.29) is 0 Å². The lowest BCUT2D eigenvalue weighted by molar-refractivity contribution is 0.196. The van der Waals surface area contributed by atoms with Gasteiger partial charge in [-0.2, -0.15) is 0 Å². The molecule has 1 aliphatic heterocycles. The minimum absolute atomic E-state index is 0.380. The van der Waals surface area contributed by atoms with E-state index in [4.69, 9.17) is 5.73 Å². The Hall–Kier alpha value is -0.940. The number of hydrogen-bond donors (Lipinski definition) is 1. The Bertz CT molecular complexity index is 371. The van der Waals surface area contributed by atoms with Crippen LogP contribution in [0.15, 0.2) is 6.33 Å². The summed E-state index contributed by atoms with van der Waals surface area (Å²) in [5.41, 5.74) is 6.02. The lowest BCUT2D eigenvalue weighted by atomic mass is 9.84. The van der Waals surface area contributed by atoms with Gasteiger partial charge in [0, 0.05) is 13.1 Å². The smallest absolute Gasteiger partial charge is 0.147 e. The van der Waals surface area contributed by atoms with E-state index in [9.17, 15) is 0 Å². The van der Waals surface area contributed by atoms with Crippen LogP contribution in [0.2, 0.25) is 0 Å². The summed E-state index contributed by atoms with van der Waals surface area (Å²) in [5.74, 6) is 1.10. The summed E-state index contributed by atoms with van der Waals surface area (Å²) >= 11 is 0. The molecule has 1 aromatic rings. The van der Waals surface area contributed by atoms with Gasteiger partial charge >= 0.3 is 0 Å². The monoisotopic (exact) mass is 251 g/mol. The van der Waals surface area contributed by atoms with E-state index in [0.717, 1.165) is 45.0 Å². The molecule has 1 aliphatic rings. The number of hydrogen-bond acceptors (Lipinski definition) is 4. The molecule has 2 heterocycles. The Balaban J connectivity index is 1.73. The van der Waals surface area contributed by atoms with Crippen molar-refractivity contribution in [3.8, 4) is 0 Å². The van der Waals surface area contributed by atoms with Gasteiger partial charge in [0.15, 0.2) is 0 Å². The van der Waals surface area contributed by atoms with Crippen LogP contribution in [0.4, 0.5) is 0 Å². The summed E-state index contributed by atoms with van der Waals surface area (Å²) in [7, 11) is 0. The van der Waals surface area contributed by atoms with Gasteiger partial charge in [-0.25, -0.2) is 0 Å². The fraction of sp³-hybridized carbons (Fsp3) is 0.846. The van der Waals surface area contributed by atoms with Crippen LogP contribution in [0, 0.1) is 5.41 Å². The van der Waals surface area contributed by atoms with Crippen molar-refractivity contribution in [1.29, 1.82) is 0 Å². The topological polar surface area (TPSA) is 60.0 Å². The van der Waals surface area contributed by atoms with Crippen LogP contribution in [0.25, 0.3) is 0 Å². The molecule has 0 radical (unpaired) electrons. The van der Waals surface area contributed by atoms with Gasteiger partial charge in [-0.3, -0.25) is 4.90 Å². The lowest BCUT2D eigenvalue weighted by Crippen LogP contribution is -2.34. The van der Waals surface area contributed by atoms with Crippen LogP contribution >= 0.6 is 0 Å². The third-order valence-electron chi connectivity index (χ3n) is 3.87. The number of aromatic nitrogens is 3. The number of fused-ring (bicyclic) bond motifs is 1. The average molecular weight is 251 g/mol. The Morgan fingerprint density at radius 2 is 2.17 bits per heavy atom. The van der Waals surface area contributed by atoms with Gasteiger partial charge in [-0.05, 0) is 37.8 Å². The molecule has 2 rings (SSSR count). The van der Waals surface area contributed by atoms with Gasteiger partial charge in [0.2, 0.25) is 0 Å². The molecule has 0 spiro atoms. The zero-order valence-corrected chi connectivity index (χ0v) is 11.6. The molecule has 18 heavy (non-hydrogen) atoms. The Morgan fingerprint density at radius 1 is 1.33 bits per heavy atom. The first-order chi connectivity index (χ1) is 8.61. The summed E-state index contributed by atoms with van der Waals surface area (Å²) in [4.78, 5) is 2.47. The SMILES string of the molecule is CC(C)(CCN)CCCN1CCn2cnnc2C1. The van der Waals surface area contributed by atoms with Gasteiger partial charge in [-0.15, -0.1) is 10.2 Å². The van der Waals surface area contributed by atoms with Gasteiger partial charge in [0.1, 0.15) is 12.2 Å². The van der Waals surface area contributed by atoms with Gasteiger partial charge < -0.3 is 10.3 Å². The molecule has 1 aromatic heterocycles. The molecule has 0 saturated heterocycles. The Labute approximate surface area is 109 Å².